The minimum Gasteiger partial charge on any atom is -0.460 e. The van der Waals surface area contributed by atoms with Crippen molar-refractivity contribution in [3.05, 3.63) is 24.0 Å². The highest BCUT2D eigenvalue weighted by atomic mass is 16.6. The maximum Gasteiger partial charge on any atom is 0.309 e. The van der Waals surface area contributed by atoms with Gasteiger partial charge in [0, 0.05) is 32.2 Å². The minimum absolute atomic E-state index is 0.0182. The van der Waals surface area contributed by atoms with E-state index in [1.165, 1.54) is 0 Å². The number of hydrogen-bond donors (Lipinski definition) is 3. The second-order valence-corrected chi connectivity index (χ2v) is 9.56. The highest BCUT2D eigenvalue weighted by Crippen LogP contribution is 2.34. The van der Waals surface area contributed by atoms with Gasteiger partial charge in [-0.25, -0.2) is 0 Å². The zero-order valence-electron chi connectivity index (χ0n) is 18.4. The fourth-order valence-corrected chi connectivity index (χ4v) is 4.41. The Morgan fingerprint density at radius 2 is 1.90 bits per heavy atom. The summed E-state index contributed by atoms with van der Waals surface area (Å²) in [4.78, 5) is 21.2. The number of anilines is 1. The third kappa shape index (κ3) is 5.92. The molecule has 0 aromatic carbocycles. The Balaban J connectivity index is 1.46. The summed E-state index contributed by atoms with van der Waals surface area (Å²) in [6, 6.07) is 4.21. The first-order valence-corrected chi connectivity index (χ1v) is 10.8. The van der Waals surface area contributed by atoms with Gasteiger partial charge in [0.05, 0.1) is 23.9 Å². The Labute approximate surface area is 178 Å². The Kier molecular flexibility index (Phi) is 6.67. The summed E-state index contributed by atoms with van der Waals surface area (Å²) in [5.41, 5.74) is 5.56. The predicted molar refractivity (Wildman–Crippen MR) is 117 cm³/mol. The van der Waals surface area contributed by atoms with E-state index in [2.05, 4.69) is 14.8 Å². The summed E-state index contributed by atoms with van der Waals surface area (Å²) in [7, 11) is 0. The molecule has 1 aromatic heterocycles. The number of hydrogen-bond acceptors (Lipinski definition) is 7. The normalized spacial score (nSPS) is 25.7. The molecule has 0 atom stereocenters. The average Bonchev–Trinajstić information content (AvgIpc) is 2.67. The molecule has 166 valence electrons. The van der Waals surface area contributed by atoms with E-state index in [9.17, 15) is 9.90 Å². The highest BCUT2D eigenvalue weighted by molar-refractivity contribution is 5.93. The zero-order chi connectivity index (χ0) is 21.9. The van der Waals surface area contributed by atoms with Crippen molar-refractivity contribution in [2.45, 2.75) is 70.1 Å². The summed E-state index contributed by atoms with van der Waals surface area (Å²) in [5, 5.41) is 18.3. The van der Waals surface area contributed by atoms with Crippen LogP contribution in [0, 0.1) is 5.41 Å². The lowest BCUT2D eigenvalue weighted by Gasteiger charge is -2.44. The molecule has 1 aliphatic carbocycles. The number of nitrogens with two attached hydrogens (primary N) is 1. The molecule has 2 heterocycles. The minimum atomic E-state index is -0.940. The molecule has 0 bridgehead atoms. The maximum atomic E-state index is 12.1. The van der Waals surface area contributed by atoms with Gasteiger partial charge in [0.15, 0.2) is 0 Å². The molecule has 0 radical (unpaired) electrons. The Morgan fingerprint density at radius 1 is 1.27 bits per heavy atom. The van der Waals surface area contributed by atoms with Gasteiger partial charge in [-0.05, 0) is 58.6 Å². The Hall–Kier alpha value is -2.19. The van der Waals surface area contributed by atoms with Crippen LogP contribution in [0.2, 0.25) is 0 Å². The van der Waals surface area contributed by atoms with Gasteiger partial charge < -0.3 is 20.5 Å². The molecule has 0 unspecified atom stereocenters. The molecule has 8 nitrogen and oxygen atoms in total. The van der Waals surface area contributed by atoms with Crippen LogP contribution in [0.1, 0.15) is 58.6 Å². The number of nitrogens with one attached hydrogen (secondary N) is 1. The van der Waals surface area contributed by atoms with Crippen molar-refractivity contribution < 1.29 is 14.6 Å². The van der Waals surface area contributed by atoms with Crippen LogP contribution in [0.3, 0.4) is 0 Å². The van der Waals surface area contributed by atoms with Crippen LogP contribution in [-0.4, -0.2) is 70.2 Å². The van der Waals surface area contributed by atoms with Crippen LogP contribution < -0.4 is 10.6 Å². The predicted octanol–water partition coefficient (Wildman–Crippen LogP) is 1.89. The molecular formula is C22H35N5O3. The Bertz CT molecular complexity index is 743. The molecule has 1 aliphatic heterocycles. The van der Waals surface area contributed by atoms with Crippen molar-refractivity contribution in [2.75, 3.05) is 31.1 Å². The zero-order valence-corrected chi connectivity index (χ0v) is 18.4. The van der Waals surface area contributed by atoms with Crippen LogP contribution in [0.4, 0.5) is 5.69 Å². The van der Waals surface area contributed by atoms with Crippen molar-refractivity contribution in [1.29, 1.82) is 5.41 Å². The number of carbonyl (C=O) groups is 1. The number of esters is 1. The fourth-order valence-electron chi connectivity index (χ4n) is 4.41. The van der Waals surface area contributed by atoms with Crippen LogP contribution in [-0.2, 0) is 9.53 Å². The number of ether oxygens (including phenoxy) is 1. The number of pyridine rings is 1. The van der Waals surface area contributed by atoms with E-state index in [-0.39, 0.29) is 18.2 Å². The van der Waals surface area contributed by atoms with E-state index in [0.717, 1.165) is 44.7 Å². The van der Waals surface area contributed by atoms with Gasteiger partial charge >= 0.3 is 5.97 Å². The molecule has 2 fully saturated rings. The smallest absolute Gasteiger partial charge is 0.309 e. The third-order valence-electron chi connectivity index (χ3n) is 6.00. The number of piperazine rings is 1. The number of carbonyl (C=O) groups excluding carboxylic acids is 1. The number of rotatable bonds is 5. The van der Waals surface area contributed by atoms with E-state index >= 15 is 0 Å². The van der Waals surface area contributed by atoms with E-state index in [4.69, 9.17) is 15.9 Å². The van der Waals surface area contributed by atoms with Crippen molar-refractivity contribution >= 4 is 17.5 Å². The van der Waals surface area contributed by atoms with Gasteiger partial charge in [0.25, 0.3) is 0 Å². The monoisotopic (exact) mass is 417 g/mol. The Morgan fingerprint density at radius 3 is 2.40 bits per heavy atom. The van der Waals surface area contributed by atoms with Crippen LogP contribution in [0.15, 0.2) is 18.3 Å². The standard InChI is InChI=1S/C22H35N5O3/c1-21(2,3)30-19(28)14-22(29)8-6-16(7-9-22)26-10-12-27(13-11-26)17-4-5-18(20(23)24)25-15-17/h4-5,15-16,29H,6-14H2,1-3H3,(H3,23,24). The molecule has 30 heavy (non-hydrogen) atoms. The van der Waals surface area contributed by atoms with Crippen molar-refractivity contribution in [3.63, 3.8) is 0 Å². The van der Waals surface area contributed by atoms with Gasteiger partial charge in [0.2, 0.25) is 0 Å². The first-order chi connectivity index (χ1) is 14.0. The molecule has 8 heteroatoms. The lowest BCUT2D eigenvalue weighted by molar-refractivity contribution is -0.162. The topological polar surface area (TPSA) is 116 Å². The molecule has 0 spiro atoms. The second-order valence-electron chi connectivity index (χ2n) is 9.56. The summed E-state index contributed by atoms with van der Waals surface area (Å²) < 4.78 is 5.38. The molecule has 1 saturated heterocycles. The van der Waals surface area contributed by atoms with Crippen molar-refractivity contribution in [2.24, 2.45) is 5.73 Å². The number of aliphatic hydroxyl groups is 1. The molecule has 4 N–H and O–H groups in total. The van der Waals surface area contributed by atoms with Crippen molar-refractivity contribution in [1.82, 2.24) is 9.88 Å². The molecule has 0 amide bonds. The largest absolute Gasteiger partial charge is 0.460 e. The van der Waals surface area contributed by atoms with Gasteiger partial charge in [-0.15, -0.1) is 0 Å². The number of amidine groups is 1. The summed E-state index contributed by atoms with van der Waals surface area (Å²) >= 11 is 0. The van der Waals surface area contributed by atoms with E-state index in [1.54, 1.807) is 12.3 Å². The quantitative estimate of drug-likeness (QED) is 0.381. The third-order valence-corrected chi connectivity index (χ3v) is 6.00. The highest BCUT2D eigenvalue weighted by Gasteiger charge is 2.38. The lowest BCUT2D eigenvalue weighted by Crippen LogP contribution is -2.52. The van der Waals surface area contributed by atoms with Crippen LogP contribution in [0.5, 0.6) is 0 Å². The van der Waals surface area contributed by atoms with Gasteiger partial charge in [-0.1, -0.05) is 0 Å². The lowest BCUT2D eigenvalue weighted by atomic mass is 9.79. The first kappa shape index (κ1) is 22.5. The van der Waals surface area contributed by atoms with Gasteiger partial charge in [-0.3, -0.25) is 20.1 Å². The summed E-state index contributed by atoms with van der Waals surface area (Å²) in [5.74, 6) is -0.336. The van der Waals surface area contributed by atoms with E-state index in [0.29, 0.717) is 24.6 Å². The summed E-state index contributed by atoms with van der Waals surface area (Å²) in [6.07, 6.45) is 4.92. The molecule has 2 aliphatic rings. The second kappa shape index (κ2) is 8.89. The summed E-state index contributed by atoms with van der Waals surface area (Å²) in [6.45, 7) is 9.30. The van der Waals surface area contributed by atoms with Crippen molar-refractivity contribution in [3.8, 4) is 0 Å². The number of aromatic nitrogens is 1. The number of nitrogens with zero attached hydrogens (tertiary/aromatic N) is 3. The molecular weight excluding hydrogens is 382 g/mol. The average molecular weight is 418 g/mol. The number of nitrogen functional groups attached to an aromatic ring is 1. The molecule has 3 rings (SSSR count). The van der Waals surface area contributed by atoms with Crippen LogP contribution in [0.25, 0.3) is 0 Å². The molecule has 1 saturated carbocycles. The molecule has 1 aromatic rings. The fraction of sp³-hybridized carbons (Fsp3) is 0.682. The van der Waals surface area contributed by atoms with E-state index in [1.807, 2.05) is 26.8 Å². The van der Waals surface area contributed by atoms with E-state index < -0.39 is 11.2 Å². The SMILES string of the molecule is CC(C)(C)OC(=O)CC1(O)CCC(N2CCN(c3ccc(C(=N)N)nc3)CC2)CC1. The van der Waals surface area contributed by atoms with Gasteiger partial charge in [-0.2, -0.15) is 0 Å². The van der Waals surface area contributed by atoms with Crippen LogP contribution >= 0.6 is 0 Å². The first-order valence-electron chi connectivity index (χ1n) is 10.8. The maximum absolute atomic E-state index is 12.1. The van der Waals surface area contributed by atoms with Gasteiger partial charge in [0.1, 0.15) is 17.1 Å².